The number of amides is 1. The van der Waals surface area contributed by atoms with Gasteiger partial charge in [0.1, 0.15) is 5.56 Å². The maximum absolute atomic E-state index is 12.6. The molecule has 1 fully saturated rings. The molecule has 1 aliphatic rings. The normalized spacial score (nSPS) is 14.8. The molecule has 30 heavy (non-hydrogen) atoms. The van der Waals surface area contributed by atoms with Crippen molar-refractivity contribution in [3.63, 3.8) is 0 Å². The first-order valence-corrected chi connectivity index (χ1v) is 10.1. The molecule has 2 aromatic rings. The number of benzene rings is 2. The van der Waals surface area contributed by atoms with E-state index < -0.39 is 37.2 Å². The fourth-order valence-corrected chi connectivity index (χ4v) is 4.23. The highest BCUT2D eigenvalue weighted by atomic mass is 32.2. The quantitative estimate of drug-likeness (QED) is 0.529. The van der Waals surface area contributed by atoms with E-state index >= 15 is 0 Å². The van der Waals surface area contributed by atoms with Crippen LogP contribution in [0.4, 0.5) is 17.1 Å². The summed E-state index contributed by atoms with van der Waals surface area (Å²) in [5.41, 5.74) is -1.40. The maximum Gasteiger partial charge on any atom is 0.289 e. The number of sulfonamides is 1. The lowest BCUT2D eigenvalue weighted by Gasteiger charge is -2.26. The maximum atomic E-state index is 12.6. The number of nitro benzene ring substituents is 2. The van der Waals surface area contributed by atoms with Gasteiger partial charge in [-0.2, -0.15) is 4.31 Å². The largest absolute Gasteiger partial charge is 0.379 e. The summed E-state index contributed by atoms with van der Waals surface area (Å²) in [4.78, 5) is 32.7. The van der Waals surface area contributed by atoms with E-state index in [1.54, 1.807) is 0 Å². The lowest BCUT2D eigenvalue weighted by atomic mass is 10.1. The molecule has 12 nitrogen and oxygen atoms in total. The third-order valence-corrected chi connectivity index (χ3v) is 6.27. The van der Waals surface area contributed by atoms with E-state index in [1.165, 1.54) is 28.6 Å². The molecule has 1 amide bonds. The zero-order valence-electron chi connectivity index (χ0n) is 15.4. The van der Waals surface area contributed by atoms with Gasteiger partial charge in [0.15, 0.2) is 0 Å². The number of carbonyl (C=O) groups excluding carboxylic acids is 1. The third-order valence-electron chi connectivity index (χ3n) is 4.35. The number of ether oxygens (including phenoxy) is 1. The van der Waals surface area contributed by atoms with Crippen LogP contribution in [0, 0.1) is 20.2 Å². The molecule has 1 aliphatic heterocycles. The number of hydrogen-bond acceptors (Lipinski definition) is 8. The van der Waals surface area contributed by atoms with E-state index in [9.17, 15) is 33.4 Å². The molecule has 3 rings (SSSR count). The summed E-state index contributed by atoms with van der Waals surface area (Å²) in [5, 5.41) is 24.4. The molecule has 2 aromatic carbocycles. The van der Waals surface area contributed by atoms with E-state index in [4.69, 9.17) is 4.74 Å². The van der Waals surface area contributed by atoms with Crippen molar-refractivity contribution in [3.8, 4) is 0 Å². The number of hydrogen-bond donors (Lipinski definition) is 1. The Labute approximate surface area is 170 Å². The number of morpholine rings is 1. The Morgan fingerprint density at radius 2 is 1.63 bits per heavy atom. The first-order valence-electron chi connectivity index (χ1n) is 8.62. The minimum atomic E-state index is -3.70. The smallest absolute Gasteiger partial charge is 0.289 e. The molecule has 0 aromatic heterocycles. The topological polar surface area (TPSA) is 162 Å². The van der Waals surface area contributed by atoms with Crippen LogP contribution in [0.25, 0.3) is 0 Å². The number of nitrogens with one attached hydrogen (secondary N) is 1. The van der Waals surface area contributed by atoms with Crippen molar-refractivity contribution in [2.75, 3.05) is 31.6 Å². The molecule has 0 aliphatic carbocycles. The summed E-state index contributed by atoms with van der Waals surface area (Å²) in [7, 11) is -3.70. The van der Waals surface area contributed by atoms with E-state index in [2.05, 4.69) is 5.32 Å². The van der Waals surface area contributed by atoms with Crippen LogP contribution in [-0.4, -0.2) is 54.8 Å². The summed E-state index contributed by atoms with van der Waals surface area (Å²) >= 11 is 0. The van der Waals surface area contributed by atoms with Gasteiger partial charge >= 0.3 is 0 Å². The molecule has 0 spiro atoms. The summed E-state index contributed by atoms with van der Waals surface area (Å²) in [6.45, 7) is 1.10. The predicted octanol–water partition coefficient (Wildman–Crippen LogP) is 1.78. The van der Waals surface area contributed by atoms with Crippen LogP contribution in [0.2, 0.25) is 0 Å². The highest BCUT2D eigenvalue weighted by Gasteiger charge is 2.27. The predicted molar refractivity (Wildman–Crippen MR) is 104 cm³/mol. The summed E-state index contributed by atoms with van der Waals surface area (Å²) in [6, 6.07) is 8.00. The van der Waals surface area contributed by atoms with E-state index in [0.717, 1.165) is 12.1 Å². The number of anilines is 1. The van der Waals surface area contributed by atoms with Gasteiger partial charge in [-0.15, -0.1) is 0 Å². The lowest BCUT2D eigenvalue weighted by molar-refractivity contribution is -0.394. The van der Waals surface area contributed by atoms with Crippen LogP contribution in [0.15, 0.2) is 47.4 Å². The minimum Gasteiger partial charge on any atom is -0.379 e. The van der Waals surface area contributed by atoms with Crippen molar-refractivity contribution in [1.82, 2.24) is 4.31 Å². The van der Waals surface area contributed by atoms with Crippen LogP contribution in [0.3, 0.4) is 0 Å². The molecular formula is C17H16N4O8S. The van der Waals surface area contributed by atoms with E-state index in [-0.39, 0.29) is 29.2 Å². The molecule has 0 atom stereocenters. The SMILES string of the molecule is O=C(Nc1ccc(S(=O)(=O)N2CCOCC2)cc1)c1ccc([N+](=O)[O-])cc1[N+](=O)[O-]. The first-order chi connectivity index (χ1) is 14.2. The van der Waals surface area contributed by atoms with E-state index in [1.807, 2.05) is 0 Å². The molecule has 13 heteroatoms. The average molecular weight is 436 g/mol. The summed E-state index contributed by atoms with van der Waals surface area (Å²) in [5.74, 6) is -0.861. The molecule has 0 bridgehead atoms. The molecular weight excluding hydrogens is 420 g/mol. The second-order valence-electron chi connectivity index (χ2n) is 6.21. The van der Waals surface area contributed by atoms with Crippen molar-refractivity contribution < 1.29 is 27.8 Å². The number of nitrogens with zero attached hydrogens (tertiary/aromatic N) is 3. The number of rotatable bonds is 6. The van der Waals surface area contributed by atoms with Gasteiger partial charge in [-0.05, 0) is 30.3 Å². The fraction of sp³-hybridized carbons (Fsp3) is 0.235. The molecule has 0 unspecified atom stereocenters. The summed E-state index contributed by atoms with van der Waals surface area (Å²) in [6.07, 6.45) is 0. The first kappa shape index (κ1) is 21.3. The molecule has 158 valence electrons. The Balaban J connectivity index is 1.79. The molecule has 1 heterocycles. The standard InChI is InChI=1S/C17H16N4O8S/c22-17(15-6-3-13(20(23)24)11-16(15)21(25)26)18-12-1-4-14(5-2-12)30(27,28)19-7-9-29-10-8-19/h1-6,11H,7-10H2,(H,18,22). The van der Waals surface area contributed by atoms with Crippen molar-refractivity contribution in [2.45, 2.75) is 4.90 Å². The number of carbonyl (C=O) groups is 1. The van der Waals surface area contributed by atoms with Gasteiger partial charge in [-0.1, -0.05) is 0 Å². The summed E-state index contributed by atoms with van der Waals surface area (Å²) < 4.78 is 31.6. The highest BCUT2D eigenvalue weighted by Crippen LogP contribution is 2.26. The Bertz CT molecular complexity index is 1100. The van der Waals surface area contributed by atoms with Gasteiger partial charge in [0.05, 0.1) is 34.0 Å². The van der Waals surface area contributed by atoms with Crippen LogP contribution < -0.4 is 5.32 Å². The Hall–Kier alpha value is -3.42. The molecule has 0 saturated carbocycles. The Morgan fingerprint density at radius 1 is 1.00 bits per heavy atom. The van der Waals surface area contributed by atoms with Gasteiger partial charge < -0.3 is 10.1 Å². The van der Waals surface area contributed by atoms with Gasteiger partial charge in [0.25, 0.3) is 17.3 Å². The lowest BCUT2D eigenvalue weighted by Crippen LogP contribution is -2.40. The van der Waals surface area contributed by atoms with Gasteiger partial charge in [-0.25, -0.2) is 8.42 Å². The zero-order chi connectivity index (χ0) is 21.9. The Kier molecular flexibility index (Phi) is 6.05. The van der Waals surface area contributed by atoms with Crippen LogP contribution in [0.5, 0.6) is 0 Å². The molecule has 1 N–H and O–H groups in total. The van der Waals surface area contributed by atoms with Crippen molar-refractivity contribution in [1.29, 1.82) is 0 Å². The second-order valence-corrected chi connectivity index (χ2v) is 8.15. The van der Waals surface area contributed by atoms with E-state index in [0.29, 0.717) is 19.3 Å². The minimum absolute atomic E-state index is 0.0312. The van der Waals surface area contributed by atoms with Gasteiger partial charge in [0.2, 0.25) is 10.0 Å². The monoisotopic (exact) mass is 436 g/mol. The van der Waals surface area contributed by atoms with Crippen molar-refractivity contribution in [3.05, 3.63) is 68.3 Å². The van der Waals surface area contributed by atoms with Gasteiger partial charge in [0, 0.05) is 24.8 Å². The van der Waals surface area contributed by atoms with Crippen molar-refractivity contribution >= 4 is 33.0 Å². The highest BCUT2D eigenvalue weighted by molar-refractivity contribution is 7.89. The van der Waals surface area contributed by atoms with Crippen LogP contribution >= 0.6 is 0 Å². The molecule has 1 saturated heterocycles. The zero-order valence-corrected chi connectivity index (χ0v) is 16.2. The third kappa shape index (κ3) is 4.42. The number of nitro groups is 2. The van der Waals surface area contributed by atoms with Crippen LogP contribution in [-0.2, 0) is 14.8 Å². The van der Waals surface area contributed by atoms with Crippen LogP contribution in [0.1, 0.15) is 10.4 Å². The number of non-ortho nitro benzene ring substituents is 1. The van der Waals surface area contributed by atoms with Gasteiger partial charge in [-0.3, -0.25) is 25.0 Å². The van der Waals surface area contributed by atoms with Crippen molar-refractivity contribution in [2.24, 2.45) is 0 Å². The molecule has 0 radical (unpaired) electrons. The second kappa shape index (κ2) is 8.52. The average Bonchev–Trinajstić information content (AvgIpc) is 2.74. The Morgan fingerprint density at radius 3 is 2.20 bits per heavy atom. The fourth-order valence-electron chi connectivity index (χ4n) is 2.82.